The van der Waals surface area contributed by atoms with E-state index in [4.69, 9.17) is 5.73 Å². The van der Waals surface area contributed by atoms with E-state index in [9.17, 15) is 0 Å². The van der Waals surface area contributed by atoms with Gasteiger partial charge in [-0.3, -0.25) is 4.68 Å². The van der Waals surface area contributed by atoms with Crippen LogP contribution in [0.1, 0.15) is 23.9 Å². The second-order valence-electron chi connectivity index (χ2n) is 4.44. The summed E-state index contributed by atoms with van der Waals surface area (Å²) >= 11 is 0. The number of anilines is 1. The van der Waals surface area contributed by atoms with Crippen molar-refractivity contribution in [1.29, 1.82) is 0 Å². The quantitative estimate of drug-likeness (QED) is 0.805. The zero-order valence-corrected chi connectivity index (χ0v) is 10.9. The third-order valence-corrected chi connectivity index (χ3v) is 3.32. The van der Waals surface area contributed by atoms with Gasteiger partial charge >= 0.3 is 0 Å². The fourth-order valence-corrected chi connectivity index (χ4v) is 2.26. The Morgan fingerprint density at radius 1 is 1.29 bits per heavy atom. The van der Waals surface area contributed by atoms with E-state index in [1.807, 2.05) is 24.7 Å². The van der Waals surface area contributed by atoms with Gasteiger partial charge in [0.15, 0.2) is 0 Å². The summed E-state index contributed by atoms with van der Waals surface area (Å²) in [5, 5.41) is 4.45. The van der Waals surface area contributed by atoms with E-state index in [-0.39, 0.29) is 0 Å². The van der Waals surface area contributed by atoms with Crippen molar-refractivity contribution in [2.75, 3.05) is 5.73 Å². The Bertz CT molecular complexity index is 553. The molecule has 90 valence electrons. The van der Waals surface area contributed by atoms with Crippen LogP contribution in [-0.2, 0) is 13.5 Å². The van der Waals surface area contributed by atoms with E-state index in [2.05, 4.69) is 31.1 Å². The highest BCUT2D eigenvalue weighted by molar-refractivity contribution is 5.71. The van der Waals surface area contributed by atoms with Crippen molar-refractivity contribution in [1.82, 2.24) is 9.78 Å². The molecule has 17 heavy (non-hydrogen) atoms. The summed E-state index contributed by atoms with van der Waals surface area (Å²) in [6, 6.07) is 6.23. The molecule has 0 atom stereocenters. The molecular weight excluding hydrogens is 210 g/mol. The zero-order chi connectivity index (χ0) is 12.6. The molecule has 2 rings (SSSR count). The normalized spacial score (nSPS) is 10.8. The van der Waals surface area contributed by atoms with Gasteiger partial charge in [-0.15, -0.1) is 0 Å². The van der Waals surface area contributed by atoms with Crippen molar-refractivity contribution >= 4 is 5.69 Å². The van der Waals surface area contributed by atoms with Crippen LogP contribution in [0.3, 0.4) is 0 Å². The van der Waals surface area contributed by atoms with Gasteiger partial charge in [-0.05, 0) is 43.5 Å². The predicted molar refractivity (Wildman–Crippen MR) is 71.9 cm³/mol. The van der Waals surface area contributed by atoms with Crippen LogP contribution in [0.2, 0.25) is 0 Å². The molecule has 2 aromatic rings. The highest BCUT2D eigenvalue weighted by Gasteiger charge is 2.12. The van der Waals surface area contributed by atoms with Crippen LogP contribution in [0.15, 0.2) is 18.2 Å². The van der Waals surface area contributed by atoms with Gasteiger partial charge in [0, 0.05) is 24.0 Å². The Balaban J connectivity index is 2.60. The molecule has 3 heteroatoms. The van der Waals surface area contributed by atoms with Gasteiger partial charge in [-0.2, -0.15) is 5.10 Å². The number of aromatic nitrogens is 2. The molecule has 0 amide bonds. The van der Waals surface area contributed by atoms with Crippen LogP contribution < -0.4 is 5.73 Å². The molecule has 3 nitrogen and oxygen atoms in total. The number of aryl methyl sites for hydroxylation is 3. The topological polar surface area (TPSA) is 43.8 Å². The fraction of sp³-hybridized carbons (Fsp3) is 0.357. The van der Waals surface area contributed by atoms with Crippen molar-refractivity contribution in [2.45, 2.75) is 27.2 Å². The number of nitrogen functional groups attached to an aromatic ring is 1. The summed E-state index contributed by atoms with van der Waals surface area (Å²) in [5.41, 5.74) is 12.7. The Labute approximate surface area is 102 Å². The largest absolute Gasteiger partial charge is 0.399 e. The smallest absolute Gasteiger partial charge is 0.0674 e. The highest BCUT2D eigenvalue weighted by Crippen LogP contribution is 2.29. The number of rotatable bonds is 2. The highest BCUT2D eigenvalue weighted by atomic mass is 15.3. The molecule has 0 spiro atoms. The molecule has 0 aliphatic carbocycles. The second kappa shape index (κ2) is 4.24. The Morgan fingerprint density at radius 3 is 2.53 bits per heavy atom. The third-order valence-electron chi connectivity index (χ3n) is 3.32. The van der Waals surface area contributed by atoms with Crippen molar-refractivity contribution in [3.8, 4) is 11.1 Å². The minimum Gasteiger partial charge on any atom is -0.399 e. The van der Waals surface area contributed by atoms with Gasteiger partial charge in [0.1, 0.15) is 0 Å². The number of hydrogen-bond donors (Lipinski definition) is 1. The van der Waals surface area contributed by atoms with E-state index in [1.165, 1.54) is 22.4 Å². The minimum atomic E-state index is 0.871. The minimum absolute atomic E-state index is 0.871. The van der Waals surface area contributed by atoms with Crippen LogP contribution in [0.25, 0.3) is 11.1 Å². The molecule has 1 aromatic heterocycles. The van der Waals surface area contributed by atoms with Gasteiger partial charge in [-0.25, -0.2) is 0 Å². The first kappa shape index (κ1) is 11.7. The zero-order valence-electron chi connectivity index (χ0n) is 10.9. The molecule has 0 bridgehead atoms. The lowest BCUT2D eigenvalue weighted by Gasteiger charge is -2.07. The molecule has 0 aliphatic heterocycles. The molecule has 0 radical (unpaired) electrons. The summed E-state index contributed by atoms with van der Waals surface area (Å²) in [6.07, 6.45) is 0.956. The van der Waals surface area contributed by atoms with E-state index < -0.39 is 0 Å². The standard InChI is InChI=1S/C14H19N3/c1-5-11-8-12(6-7-13(11)15)14-9(2)16-17(4)10(14)3/h6-8H,5,15H2,1-4H3. The van der Waals surface area contributed by atoms with E-state index in [0.29, 0.717) is 0 Å². The Hall–Kier alpha value is -1.77. The lowest BCUT2D eigenvalue weighted by Crippen LogP contribution is -1.95. The van der Waals surface area contributed by atoms with Crippen LogP contribution in [0, 0.1) is 13.8 Å². The average molecular weight is 229 g/mol. The molecule has 0 saturated carbocycles. The molecule has 0 aliphatic rings. The van der Waals surface area contributed by atoms with Gasteiger partial charge in [0.25, 0.3) is 0 Å². The average Bonchev–Trinajstić information content (AvgIpc) is 2.55. The summed E-state index contributed by atoms with van der Waals surface area (Å²) in [4.78, 5) is 0. The molecule has 0 unspecified atom stereocenters. The first-order chi connectivity index (χ1) is 8.04. The van der Waals surface area contributed by atoms with Gasteiger partial charge in [0.05, 0.1) is 5.69 Å². The van der Waals surface area contributed by atoms with Gasteiger partial charge in [-0.1, -0.05) is 13.0 Å². The maximum Gasteiger partial charge on any atom is 0.0674 e. The molecule has 0 saturated heterocycles. The molecule has 1 aromatic carbocycles. The van der Waals surface area contributed by atoms with Crippen molar-refractivity contribution in [2.24, 2.45) is 7.05 Å². The number of hydrogen-bond acceptors (Lipinski definition) is 2. The van der Waals surface area contributed by atoms with Gasteiger partial charge in [0.2, 0.25) is 0 Å². The maximum atomic E-state index is 5.94. The lowest BCUT2D eigenvalue weighted by atomic mass is 9.99. The van der Waals surface area contributed by atoms with Crippen LogP contribution in [0.4, 0.5) is 5.69 Å². The summed E-state index contributed by atoms with van der Waals surface area (Å²) < 4.78 is 1.92. The lowest BCUT2D eigenvalue weighted by molar-refractivity contribution is 0.731. The first-order valence-corrected chi connectivity index (χ1v) is 5.93. The Morgan fingerprint density at radius 2 is 2.00 bits per heavy atom. The monoisotopic (exact) mass is 229 g/mol. The second-order valence-corrected chi connectivity index (χ2v) is 4.44. The van der Waals surface area contributed by atoms with Gasteiger partial charge < -0.3 is 5.73 Å². The molecule has 1 heterocycles. The number of nitrogens with two attached hydrogens (primary N) is 1. The molecule has 0 fully saturated rings. The predicted octanol–water partition coefficient (Wildman–Crippen LogP) is 2.85. The van der Waals surface area contributed by atoms with Crippen LogP contribution in [-0.4, -0.2) is 9.78 Å². The van der Waals surface area contributed by atoms with E-state index >= 15 is 0 Å². The molecular formula is C14H19N3. The third kappa shape index (κ3) is 1.93. The number of benzene rings is 1. The van der Waals surface area contributed by atoms with E-state index in [0.717, 1.165) is 17.8 Å². The summed E-state index contributed by atoms with van der Waals surface area (Å²) in [5.74, 6) is 0. The van der Waals surface area contributed by atoms with Crippen molar-refractivity contribution in [3.63, 3.8) is 0 Å². The van der Waals surface area contributed by atoms with Crippen LogP contribution >= 0.6 is 0 Å². The van der Waals surface area contributed by atoms with E-state index in [1.54, 1.807) is 0 Å². The SMILES string of the molecule is CCc1cc(-c2c(C)nn(C)c2C)ccc1N. The van der Waals surface area contributed by atoms with Crippen LogP contribution in [0.5, 0.6) is 0 Å². The molecule has 2 N–H and O–H groups in total. The fourth-order valence-electron chi connectivity index (χ4n) is 2.26. The Kier molecular flexibility index (Phi) is 2.92. The van der Waals surface area contributed by atoms with Crippen molar-refractivity contribution in [3.05, 3.63) is 35.2 Å². The van der Waals surface area contributed by atoms with Crippen molar-refractivity contribution < 1.29 is 0 Å². The maximum absolute atomic E-state index is 5.94. The number of nitrogens with zero attached hydrogens (tertiary/aromatic N) is 2. The summed E-state index contributed by atoms with van der Waals surface area (Å²) in [6.45, 7) is 6.26. The summed E-state index contributed by atoms with van der Waals surface area (Å²) in [7, 11) is 1.98. The first-order valence-electron chi connectivity index (χ1n) is 5.93.